The molecule has 4 heterocycles. The highest BCUT2D eigenvalue weighted by Crippen LogP contribution is 2.31. The van der Waals surface area contributed by atoms with Crippen LogP contribution in [-0.2, 0) is 6.42 Å². The summed E-state index contributed by atoms with van der Waals surface area (Å²) < 4.78 is 7.87. The molecule has 0 saturated carbocycles. The van der Waals surface area contributed by atoms with Gasteiger partial charge in [0.1, 0.15) is 5.76 Å². The van der Waals surface area contributed by atoms with Gasteiger partial charge in [0.2, 0.25) is 0 Å². The first-order valence-electron chi connectivity index (χ1n) is 7.01. The Morgan fingerprint density at radius 3 is 3.23 bits per heavy atom. The van der Waals surface area contributed by atoms with E-state index in [2.05, 4.69) is 26.0 Å². The maximum Gasteiger partial charge on any atom is 0.274 e. The molecule has 1 atom stereocenters. The summed E-state index contributed by atoms with van der Waals surface area (Å²) >= 11 is 3.35. The van der Waals surface area contributed by atoms with Gasteiger partial charge in [0.15, 0.2) is 11.3 Å². The van der Waals surface area contributed by atoms with Crippen LogP contribution in [0.15, 0.2) is 39.7 Å². The fourth-order valence-corrected chi connectivity index (χ4v) is 3.19. The SMILES string of the molecule is CC1c2ccoc2CCN1C(=O)c1cc2ncc(Br)cn2n1. The number of halogens is 1. The fraction of sp³-hybridized carbons (Fsp3) is 0.267. The highest BCUT2D eigenvalue weighted by molar-refractivity contribution is 9.10. The number of hydrogen-bond donors (Lipinski definition) is 0. The van der Waals surface area contributed by atoms with Gasteiger partial charge in [0.05, 0.1) is 16.8 Å². The summed E-state index contributed by atoms with van der Waals surface area (Å²) in [5, 5.41) is 4.34. The second-order valence-electron chi connectivity index (χ2n) is 5.33. The number of rotatable bonds is 1. The number of furan rings is 1. The molecule has 1 aliphatic rings. The van der Waals surface area contributed by atoms with Crippen LogP contribution in [0.3, 0.4) is 0 Å². The Labute approximate surface area is 134 Å². The molecule has 1 aliphatic heterocycles. The van der Waals surface area contributed by atoms with E-state index in [4.69, 9.17) is 4.42 Å². The molecule has 0 spiro atoms. The van der Waals surface area contributed by atoms with Gasteiger partial charge in [-0.3, -0.25) is 4.79 Å². The lowest BCUT2D eigenvalue weighted by atomic mass is 10.0. The minimum atomic E-state index is -0.0824. The molecular weight excluding hydrogens is 348 g/mol. The third-order valence-corrected chi connectivity index (χ3v) is 4.45. The summed E-state index contributed by atoms with van der Waals surface area (Å²) in [7, 11) is 0. The summed E-state index contributed by atoms with van der Waals surface area (Å²) in [5.41, 5.74) is 2.13. The van der Waals surface area contributed by atoms with Crippen LogP contribution >= 0.6 is 15.9 Å². The minimum Gasteiger partial charge on any atom is -0.469 e. The number of hydrogen-bond acceptors (Lipinski definition) is 4. The predicted octanol–water partition coefficient (Wildman–Crippen LogP) is 2.84. The monoisotopic (exact) mass is 360 g/mol. The van der Waals surface area contributed by atoms with Gasteiger partial charge in [0.25, 0.3) is 5.91 Å². The highest BCUT2D eigenvalue weighted by Gasteiger charge is 2.31. The molecule has 7 heteroatoms. The van der Waals surface area contributed by atoms with Crippen molar-refractivity contribution in [1.29, 1.82) is 0 Å². The molecule has 1 amide bonds. The number of fused-ring (bicyclic) bond motifs is 2. The Hall–Kier alpha value is -2.15. The van der Waals surface area contributed by atoms with Gasteiger partial charge < -0.3 is 9.32 Å². The maximum atomic E-state index is 12.8. The summed E-state index contributed by atoms with van der Waals surface area (Å²) in [4.78, 5) is 18.8. The summed E-state index contributed by atoms with van der Waals surface area (Å²) in [6.07, 6.45) is 5.89. The second kappa shape index (κ2) is 4.95. The van der Waals surface area contributed by atoms with E-state index in [0.717, 1.165) is 22.2 Å². The number of amides is 1. The molecule has 0 saturated heterocycles. The Bertz CT molecular complexity index is 869. The zero-order valence-electron chi connectivity index (χ0n) is 11.9. The van der Waals surface area contributed by atoms with Gasteiger partial charge in [-0.25, -0.2) is 9.50 Å². The van der Waals surface area contributed by atoms with Crippen molar-refractivity contribution in [3.05, 3.63) is 52.3 Å². The van der Waals surface area contributed by atoms with Crippen LogP contribution in [0.2, 0.25) is 0 Å². The van der Waals surface area contributed by atoms with E-state index < -0.39 is 0 Å². The minimum absolute atomic E-state index is 0.0143. The molecule has 0 radical (unpaired) electrons. The first-order chi connectivity index (χ1) is 10.6. The van der Waals surface area contributed by atoms with E-state index in [1.807, 2.05) is 17.9 Å². The van der Waals surface area contributed by atoms with E-state index in [9.17, 15) is 4.79 Å². The van der Waals surface area contributed by atoms with Crippen LogP contribution in [0.25, 0.3) is 5.65 Å². The van der Waals surface area contributed by atoms with Crippen LogP contribution < -0.4 is 0 Å². The zero-order chi connectivity index (χ0) is 15.3. The molecule has 6 nitrogen and oxygen atoms in total. The van der Waals surface area contributed by atoms with Crippen molar-refractivity contribution in [3.8, 4) is 0 Å². The molecule has 112 valence electrons. The second-order valence-corrected chi connectivity index (χ2v) is 6.24. The quantitative estimate of drug-likeness (QED) is 0.669. The van der Waals surface area contributed by atoms with E-state index in [1.54, 1.807) is 29.2 Å². The van der Waals surface area contributed by atoms with E-state index in [1.165, 1.54) is 0 Å². The summed E-state index contributed by atoms with van der Waals surface area (Å²) in [6, 6.07) is 3.63. The first-order valence-corrected chi connectivity index (χ1v) is 7.81. The van der Waals surface area contributed by atoms with Crippen LogP contribution in [0.4, 0.5) is 0 Å². The predicted molar refractivity (Wildman–Crippen MR) is 82.6 cm³/mol. The van der Waals surface area contributed by atoms with Crippen molar-refractivity contribution in [2.75, 3.05) is 6.54 Å². The van der Waals surface area contributed by atoms with Gasteiger partial charge in [-0.1, -0.05) is 0 Å². The average molecular weight is 361 g/mol. The number of aromatic nitrogens is 3. The van der Waals surface area contributed by atoms with E-state index >= 15 is 0 Å². The van der Waals surface area contributed by atoms with Crippen LogP contribution in [0, 0.1) is 0 Å². The molecule has 22 heavy (non-hydrogen) atoms. The molecule has 0 bridgehead atoms. The molecular formula is C15H13BrN4O2. The molecule has 0 fully saturated rings. The van der Waals surface area contributed by atoms with Crippen molar-refractivity contribution < 1.29 is 9.21 Å². The van der Waals surface area contributed by atoms with Crippen molar-refractivity contribution in [3.63, 3.8) is 0 Å². The average Bonchev–Trinajstić information content (AvgIpc) is 3.12. The normalized spacial score (nSPS) is 17.7. The Balaban J connectivity index is 1.68. The summed E-state index contributed by atoms with van der Waals surface area (Å²) in [5.74, 6) is 0.887. The van der Waals surface area contributed by atoms with Crippen LogP contribution in [-0.4, -0.2) is 31.9 Å². The van der Waals surface area contributed by atoms with Gasteiger partial charge in [-0.05, 0) is 28.9 Å². The third-order valence-electron chi connectivity index (χ3n) is 4.04. The van der Waals surface area contributed by atoms with Crippen molar-refractivity contribution >= 4 is 27.5 Å². The largest absolute Gasteiger partial charge is 0.469 e. The molecule has 1 unspecified atom stereocenters. The van der Waals surface area contributed by atoms with Gasteiger partial charge in [0, 0.05) is 37.0 Å². The molecule has 0 aromatic carbocycles. The van der Waals surface area contributed by atoms with Gasteiger partial charge in [-0.2, -0.15) is 5.10 Å². The van der Waals surface area contributed by atoms with E-state index in [0.29, 0.717) is 17.9 Å². The van der Waals surface area contributed by atoms with Gasteiger partial charge >= 0.3 is 0 Å². The maximum absolute atomic E-state index is 12.8. The van der Waals surface area contributed by atoms with Crippen molar-refractivity contribution in [2.24, 2.45) is 0 Å². The highest BCUT2D eigenvalue weighted by atomic mass is 79.9. The lowest BCUT2D eigenvalue weighted by Crippen LogP contribution is -2.38. The number of carbonyl (C=O) groups is 1. The Morgan fingerprint density at radius 2 is 2.36 bits per heavy atom. The smallest absolute Gasteiger partial charge is 0.274 e. The molecule has 0 aliphatic carbocycles. The topological polar surface area (TPSA) is 63.6 Å². The van der Waals surface area contributed by atoms with E-state index in [-0.39, 0.29) is 11.9 Å². The van der Waals surface area contributed by atoms with Crippen molar-refractivity contribution in [2.45, 2.75) is 19.4 Å². The lowest BCUT2D eigenvalue weighted by molar-refractivity contribution is 0.0664. The number of carbonyl (C=O) groups excluding carboxylic acids is 1. The molecule has 3 aromatic rings. The number of nitrogens with zero attached hydrogens (tertiary/aromatic N) is 4. The Morgan fingerprint density at radius 1 is 1.50 bits per heavy atom. The molecule has 3 aromatic heterocycles. The zero-order valence-corrected chi connectivity index (χ0v) is 13.4. The van der Waals surface area contributed by atoms with Crippen molar-refractivity contribution in [1.82, 2.24) is 19.5 Å². The van der Waals surface area contributed by atoms with Crippen LogP contribution in [0.1, 0.15) is 34.8 Å². The lowest BCUT2D eigenvalue weighted by Gasteiger charge is -2.32. The molecule has 0 N–H and O–H groups in total. The third kappa shape index (κ3) is 2.04. The van der Waals surface area contributed by atoms with Crippen LogP contribution in [0.5, 0.6) is 0 Å². The molecule has 4 rings (SSSR count). The van der Waals surface area contributed by atoms with Gasteiger partial charge in [-0.15, -0.1) is 0 Å². The fourth-order valence-electron chi connectivity index (χ4n) is 2.89. The Kier molecular flexibility index (Phi) is 3.04. The summed E-state index contributed by atoms with van der Waals surface area (Å²) in [6.45, 7) is 2.64. The standard InChI is InChI=1S/C15H13BrN4O2/c1-9-11-3-5-22-13(11)2-4-19(9)15(21)12-6-14-17-7-10(16)8-20(14)18-12/h3,5-9H,2,4H2,1H3. The first kappa shape index (κ1) is 13.5.